The lowest BCUT2D eigenvalue weighted by Gasteiger charge is -2.31. The van der Waals surface area contributed by atoms with Crippen molar-refractivity contribution in [2.24, 2.45) is 11.8 Å². The quantitative estimate of drug-likeness (QED) is 0.908. The standard InChI is InChI=1S/C21H27N3O2/c1-23(13-14-6-4-3-5-7-14)21(26)22-18-10-9-16-17-12-15(25)8-11-19(17)24(2)20(16)18/h3-8,11,16-20H,9-10,12-13H2,1-2H3,(H,22,26). The molecule has 1 saturated heterocycles. The van der Waals surface area contributed by atoms with Crippen LogP contribution >= 0.6 is 0 Å². The van der Waals surface area contributed by atoms with Crippen molar-refractivity contribution in [1.29, 1.82) is 0 Å². The normalized spacial score (nSPS) is 33.0. The fraction of sp³-hybridized carbons (Fsp3) is 0.524. The van der Waals surface area contributed by atoms with Crippen LogP contribution in [-0.2, 0) is 11.3 Å². The Morgan fingerprint density at radius 1 is 1.23 bits per heavy atom. The zero-order valence-corrected chi connectivity index (χ0v) is 15.5. The first-order chi connectivity index (χ1) is 12.5. The molecule has 3 aliphatic rings. The molecule has 138 valence electrons. The molecule has 5 nitrogen and oxygen atoms in total. The van der Waals surface area contributed by atoms with Crippen molar-refractivity contribution >= 4 is 11.8 Å². The molecule has 4 rings (SSSR count). The van der Waals surface area contributed by atoms with E-state index in [-0.39, 0.29) is 17.9 Å². The highest BCUT2D eigenvalue weighted by atomic mass is 16.2. The highest BCUT2D eigenvalue weighted by Crippen LogP contribution is 2.47. The van der Waals surface area contributed by atoms with Gasteiger partial charge in [0.1, 0.15) is 0 Å². The van der Waals surface area contributed by atoms with Crippen LogP contribution in [-0.4, -0.2) is 53.8 Å². The molecule has 1 N–H and O–H groups in total. The maximum absolute atomic E-state index is 12.7. The van der Waals surface area contributed by atoms with E-state index in [1.54, 1.807) is 11.0 Å². The number of urea groups is 1. The molecule has 1 saturated carbocycles. The van der Waals surface area contributed by atoms with E-state index in [0.717, 1.165) is 18.4 Å². The number of hydrogen-bond donors (Lipinski definition) is 1. The minimum Gasteiger partial charge on any atom is -0.334 e. The van der Waals surface area contributed by atoms with Crippen LogP contribution in [0.5, 0.6) is 0 Å². The summed E-state index contributed by atoms with van der Waals surface area (Å²) in [5.74, 6) is 1.16. The van der Waals surface area contributed by atoms with Crippen molar-refractivity contribution in [3.8, 4) is 0 Å². The summed E-state index contributed by atoms with van der Waals surface area (Å²) >= 11 is 0. The third-order valence-corrected chi connectivity index (χ3v) is 6.43. The predicted octanol–water partition coefficient (Wildman–Crippen LogP) is 2.43. The molecular formula is C21H27N3O2. The number of hydrogen-bond acceptors (Lipinski definition) is 3. The van der Waals surface area contributed by atoms with Gasteiger partial charge in [-0.15, -0.1) is 0 Å². The first-order valence-electron chi connectivity index (χ1n) is 9.53. The molecule has 2 amide bonds. The van der Waals surface area contributed by atoms with Crippen molar-refractivity contribution in [2.45, 2.75) is 43.9 Å². The molecule has 1 aliphatic heterocycles. The molecule has 0 radical (unpaired) electrons. The lowest BCUT2D eigenvalue weighted by molar-refractivity contribution is -0.116. The number of nitrogens with zero attached hydrogens (tertiary/aromatic N) is 2. The Hall–Kier alpha value is -2.14. The van der Waals surface area contributed by atoms with Crippen LogP contribution in [0.4, 0.5) is 4.79 Å². The van der Waals surface area contributed by atoms with Gasteiger partial charge < -0.3 is 10.2 Å². The third kappa shape index (κ3) is 3.05. The third-order valence-electron chi connectivity index (χ3n) is 6.43. The number of benzene rings is 1. The van der Waals surface area contributed by atoms with E-state index < -0.39 is 0 Å². The molecule has 5 atom stereocenters. The molecule has 5 unspecified atom stereocenters. The van der Waals surface area contributed by atoms with Crippen LogP contribution in [0, 0.1) is 11.8 Å². The number of likely N-dealkylation sites (N-methyl/N-ethyl adjacent to an activating group) is 1. The minimum atomic E-state index is -0.0191. The maximum Gasteiger partial charge on any atom is 0.317 e. The van der Waals surface area contributed by atoms with E-state index in [9.17, 15) is 9.59 Å². The summed E-state index contributed by atoms with van der Waals surface area (Å²) < 4.78 is 0. The van der Waals surface area contributed by atoms with E-state index in [1.165, 1.54) is 0 Å². The minimum absolute atomic E-state index is 0.0191. The van der Waals surface area contributed by atoms with Crippen molar-refractivity contribution in [1.82, 2.24) is 15.1 Å². The smallest absolute Gasteiger partial charge is 0.317 e. The maximum atomic E-state index is 12.7. The lowest BCUT2D eigenvalue weighted by atomic mass is 9.81. The van der Waals surface area contributed by atoms with E-state index in [1.807, 2.05) is 37.4 Å². The molecule has 0 bridgehead atoms. The summed E-state index contributed by atoms with van der Waals surface area (Å²) in [5, 5.41) is 3.26. The number of likely N-dealkylation sites (tertiary alicyclic amines) is 1. The Morgan fingerprint density at radius 2 is 2.00 bits per heavy atom. The van der Waals surface area contributed by atoms with Gasteiger partial charge >= 0.3 is 6.03 Å². The Labute approximate surface area is 155 Å². The summed E-state index contributed by atoms with van der Waals surface area (Å²) in [5.41, 5.74) is 1.13. The summed E-state index contributed by atoms with van der Waals surface area (Å²) in [6.07, 6.45) is 6.53. The van der Waals surface area contributed by atoms with Gasteiger partial charge in [-0.3, -0.25) is 9.69 Å². The average molecular weight is 353 g/mol. The molecule has 0 spiro atoms. The predicted molar refractivity (Wildman–Crippen MR) is 101 cm³/mol. The molecule has 0 aromatic heterocycles. The highest BCUT2D eigenvalue weighted by Gasteiger charge is 2.53. The van der Waals surface area contributed by atoms with Gasteiger partial charge in [-0.05, 0) is 43.4 Å². The van der Waals surface area contributed by atoms with Crippen molar-refractivity contribution in [3.63, 3.8) is 0 Å². The van der Waals surface area contributed by atoms with Crippen LogP contribution in [0.25, 0.3) is 0 Å². The van der Waals surface area contributed by atoms with Crippen LogP contribution in [0.3, 0.4) is 0 Å². The Bertz CT molecular complexity index is 717. The zero-order valence-electron chi connectivity index (χ0n) is 15.5. The molecule has 26 heavy (non-hydrogen) atoms. The van der Waals surface area contributed by atoms with E-state index >= 15 is 0 Å². The summed E-state index contributed by atoms with van der Waals surface area (Å²) in [6.45, 7) is 0.603. The van der Waals surface area contributed by atoms with Crippen molar-refractivity contribution < 1.29 is 9.59 Å². The summed E-state index contributed by atoms with van der Waals surface area (Å²) in [6, 6.07) is 10.8. The second-order valence-electron chi connectivity index (χ2n) is 7.98. The molecule has 2 aliphatic carbocycles. The largest absolute Gasteiger partial charge is 0.334 e. The monoisotopic (exact) mass is 353 g/mol. The number of allylic oxidation sites excluding steroid dienone is 1. The van der Waals surface area contributed by atoms with Crippen LogP contribution < -0.4 is 5.32 Å². The SMILES string of the molecule is CN(Cc1ccccc1)C(=O)NC1CCC2C3CC(=O)C=CC3N(C)C12. The second-order valence-corrected chi connectivity index (χ2v) is 7.98. The summed E-state index contributed by atoms with van der Waals surface area (Å²) in [7, 11) is 3.98. The van der Waals surface area contributed by atoms with Gasteiger partial charge in [0.15, 0.2) is 5.78 Å². The van der Waals surface area contributed by atoms with Crippen LogP contribution in [0.15, 0.2) is 42.5 Å². The van der Waals surface area contributed by atoms with Gasteiger partial charge in [0.05, 0.1) is 0 Å². The number of rotatable bonds is 3. The summed E-state index contributed by atoms with van der Waals surface area (Å²) in [4.78, 5) is 28.7. The number of carbonyl (C=O) groups excluding carboxylic acids is 2. The second kappa shape index (κ2) is 6.88. The Morgan fingerprint density at radius 3 is 2.77 bits per heavy atom. The number of carbonyl (C=O) groups is 2. The van der Waals surface area contributed by atoms with E-state index in [0.29, 0.717) is 36.9 Å². The first-order valence-corrected chi connectivity index (χ1v) is 9.53. The van der Waals surface area contributed by atoms with Crippen LogP contribution in [0.1, 0.15) is 24.8 Å². The highest BCUT2D eigenvalue weighted by molar-refractivity contribution is 5.91. The first kappa shape index (κ1) is 17.3. The zero-order chi connectivity index (χ0) is 18.3. The topological polar surface area (TPSA) is 52.7 Å². The number of nitrogens with one attached hydrogen (secondary N) is 1. The van der Waals surface area contributed by atoms with Gasteiger partial charge in [0.2, 0.25) is 0 Å². The molecule has 1 heterocycles. The molecule has 1 aromatic rings. The molecule has 1 aromatic carbocycles. The van der Waals surface area contributed by atoms with Crippen molar-refractivity contribution in [3.05, 3.63) is 48.0 Å². The fourth-order valence-corrected chi connectivity index (χ4v) is 5.23. The molecule has 5 heteroatoms. The van der Waals surface area contributed by atoms with Crippen molar-refractivity contribution in [2.75, 3.05) is 14.1 Å². The number of amides is 2. The van der Waals surface area contributed by atoms with Gasteiger partial charge in [0, 0.05) is 38.1 Å². The lowest BCUT2D eigenvalue weighted by Crippen LogP contribution is -2.50. The van der Waals surface area contributed by atoms with Gasteiger partial charge in [-0.25, -0.2) is 4.79 Å². The Kier molecular flexibility index (Phi) is 4.57. The number of ketones is 1. The molecular weight excluding hydrogens is 326 g/mol. The van der Waals surface area contributed by atoms with Gasteiger partial charge in [0.25, 0.3) is 0 Å². The molecule has 2 fully saturated rings. The van der Waals surface area contributed by atoms with Crippen LogP contribution in [0.2, 0.25) is 0 Å². The van der Waals surface area contributed by atoms with E-state index in [4.69, 9.17) is 0 Å². The fourth-order valence-electron chi connectivity index (χ4n) is 5.23. The Balaban J connectivity index is 1.41. The van der Waals surface area contributed by atoms with Gasteiger partial charge in [-0.1, -0.05) is 36.4 Å². The van der Waals surface area contributed by atoms with E-state index in [2.05, 4.69) is 23.3 Å². The average Bonchev–Trinajstić information content (AvgIpc) is 3.16. The van der Waals surface area contributed by atoms with Gasteiger partial charge in [-0.2, -0.15) is 0 Å². The number of fused-ring (bicyclic) bond motifs is 3.